The highest BCUT2D eigenvalue weighted by atomic mass is 16.3. The molecular weight excluding hydrogens is 284 g/mol. The van der Waals surface area contributed by atoms with Gasteiger partial charge in [0.05, 0.1) is 0 Å². The fourth-order valence-corrected chi connectivity index (χ4v) is 3.35. The number of oxazole rings is 1. The van der Waals surface area contributed by atoms with E-state index in [2.05, 4.69) is 9.88 Å². The third-order valence-electron chi connectivity index (χ3n) is 4.91. The van der Waals surface area contributed by atoms with E-state index in [0.717, 1.165) is 38.2 Å². The first-order valence-corrected chi connectivity index (χ1v) is 7.87. The van der Waals surface area contributed by atoms with E-state index < -0.39 is 0 Å². The highest BCUT2D eigenvalue weighted by Gasteiger charge is 2.40. The lowest BCUT2D eigenvalue weighted by Gasteiger charge is -2.45. The second-order valence-corrected chi connectivity index (χ2v) is 6.40. The van der Waals surface area contributed by atoms with E-state index >= 15 is 0 Å². The fourth-order valence-electron chi connectivity index (χ4n) is 3.35. The molecule has 0 spiro atoms. The van der Waals surface area contributed by atoms with Crippen LogP contribution in [-0.2, 0) is 4.79 Å². The van der Waals surface area contributed by atoms with Crippen LogP contribution in [0.4, 0.5) is 0 Å². The molecule has 1 aromatic heterocycles. The van der Waals surface area contributed by atoms with Gasteiger partial charge in [-0.25, -0.2) is 4.98 Å². The average molecular weight is 304 g/mol. The zero-order chi connectivity index (χ0) is 15.3. The summed E-state index contributed by atoms with van der Waals surface area (Å²) in [6.07, 6.45) is 3.49. The summed E-state index contributed by atoms with van der Waals surface area (Å²) >= 11 is 0. The average Bonchev–Trinajstić information content (AvgIpc) is 3.27. The summed E-state index contributed by atoms with van der Waals surface area (Å²) in [6, 6.07) is -0.215. The topological polar surface area (TPSA) is 69.9 Å². The van der Waals surface area contributed by atoms with Crippen molar-refractivity contribution in [1.82, 2.24) is 19.7 Å². The van der Waals surface area contributed by atoms with Gasteiger partial charge in [-0.2, -0.15) is 0 Å². The standard InChI is InChI=1S/C15H20N4O3/c1-17-4-5-18-6-7-19(8-11(18)14(17)20)15(21)12-13(10-2-3-10)22-9-16-12/h9-11H,2-8H2,1H3/t11-/m1/s1. The summed E-state index contributed by atoms with van der Waals surface area (Å²) in [5.74, 6) is 1.08. The van der Waals surface area contributed by atoms with Crippen LogP contribution in [0.15, 0.2) is 10.8 Å². The normalized spacial score (nSPS) is 26.2. The Morgan fingerprint density at radius 2 is 2.05 bits per heavy atom. The molecule has 7 nitrogen and oxygen atoms in total. The molecule has 3 heterocycles. The lowest BCUT2D eigenvalue weighted by atomic mass is 10.1. The van der Waals surface area contributed by atoms with Crippen molar-refractivity contribution in [3.63, 3.8) is 0 Å². The van der Waals surface area contributed by atoms with Gasteiger partial charge in [-0.3, -0.25) is 14.5 Å². The minimum atomic E-state index is -0.215. The predicted molar refractivity (Wildman–Crippen MR) is 77.4 cm³/mol. The Balaban J connectivity index is 1.52. The maximum Gasteiger partial charge on any atom is 0.276 e. The summed E-state index contributed by atoms with van der Waals surface area (Å²) < 4.78 is 5.40. The van der Waals surface area contributed by atoms with Crippen LogP contribution in [0.25, 0.3) is 0 Å². The van der Waals surface area contributed by atoms with Crippen molar-refractivity contribution >= 4 is 11.8 Å². The lowest BCUT2D eigenvalue weighted by molar-refractivity contribution is -0.142. The Morgan fingerprint density at radius 1 is 1.27 bits per heavy atom. The molecule has 3 aliphatic rings. The van der Waals surface area contributed by atoms with Crippen molar-refractivity contribution in [1.29, 1.82) is 0 Å². The first-order valence-electron chi connectivity index (χ1n) is 7.87. The maximum atomic E-state index is 12.7. The smallest absolute Gasteiger partial charge is 0.276 e. The molecular formula is C15H20N4O3. The van der Waals surface area contributed by atoms with Gasteiger partial charge in [0.1, 0.15) is 11.8 Å². The van der Waals surface area contributed by atoms with Gasteiger partial charge in [0.2, 0.25) is 5.91 Å². The van der Waals surface area contributed by atoms with Crippen LogP contribution in [0.5, 0.6) is 0 Å². The van der Waals surface area contributed by atoms with Crippen LogP contribution >= 0.6 is 0 Å². The van der Waals surface area contributed by atoms with E-state index in [9.17, 15) is 9.59 Å². The van der Waals surface area contributed by atoms with Gasteiger partial charge in [0.15, 0.2) is 12.1 Å². The number of amides is 2. The van der Waals surface area contributed by atoms with E-state index in [-0.39, 0.29) is 17.9 Å². The van der Waals surface area contributed by atoms with Crippen molar-refractivity contribution in [3.8, 4) is 0 Å². The highest BCUT2D eigenvalue weighted by molar-refractivity contribution is 5.94. The molecule has 2 saturated heterocycles. The third kappa shape index (κ3) is 2.20. The number of likely N-dealkylation sites (N-methyl/N-ethyl adjacent to an activating group) is 1. The van der Waals surface area contributed by atoms with Crippen LogP contribution in [0.2, 0.25) is 0 Å². The molecule has 1 aliphatic carbocycles. The Kier molecular flexibility index (Phi) is 3.18. The molecule has 3 fully saturated rings. The number of piperazine rings is 2. The minimum Gasteiger partial charge on any atom is -0.447 e. The number of hydrogen-bond donors (Lipinski definition) is 0. The number of aromatic nitrogens is 1. The van der Waals surface area contributed by atoms with Crippen molar-refractivity contribution in [2.45, 2.75) is 24.8 Å². The first kappa shape index (κ1) is 13.8. The number of nitrogens with zero attached hydrogens (tertiary/aromatic N) is 4. The van der Waals surface area contributed by atoms with Crippen LogP contribution in [0.1, 0.15) is 35.0 Å². The summed E-state index contributed by atoms with van der Waals surface area (Å²) in [4.78, 5) is 34.9. The molecule has 0 bridgehead atoms. The fraction of sp³-hybridized carbons (Fsp3) is 0.667. The quantitative estimate of drug-likeness (QED) is 0.778. The summed E-state index contributed by atoms with van der Waals surface area (Å²) in [6.45, 7) is 3.47. The monoisotopic (exact) mass is 304 g/mol. The zero-order valence-electron chi connectivity index (χ0n) is 12.7. The summed E-state index contributed by atoms with van der Waals surface area (Å²) in [7, 11) is 1.82. The molecule has 0 aromatic carbocycles. The largest absolute Gasteiger partial charge is 0.447 e. The molecule has 0 radical (unpaired) electrons. The molecule has 22 heavy (non-hydrogen) atoms. The van der Waals surface area contributed by atoms with E-state index in [4.69, 9.17) is 4.42 Å². The van der Waals surface area contributed by atoms with Crippen molar-refractivity contribution in [2.75, 3.05) is 39.8 Å². The molecule has 1 aromatic rings. The Morgan fingerprint density at radius 3 is 2.82 bits per heavy atom. The molecule has 1 atom stereocenters. The number of rotatable bonds is 2. The van der Waals surface area contributed by atoms with Gasteiger partial charge in [-0.05, 0) is 12.8 Å². The number of hydrogen-bond acceptors (Lipinski definition) is 5. The van der Waals surface area contributed by atoms with Crippen molar-refractivity contribution in [2.24, 2.45) is 0 Å². The van der Waals surface area contributed by atoms with Crippen LogP contribution in [0.3, 0.4) is 0 Å². The van der Waals surface area contributed by atoms with E-state index in [1.54, 1.807) is 9.80 Å². The van der Waals surface area contributed by atoms with E-state index in [1.807, 2.05) is 7.05 Å². The number of carbonyl (C=O) groups excluding carboxylic acids is 2. The molecule has 2 amide bonds. The number of fused-ring (bicyclic) bond motifs is 1. The Hall–Kier alpha value is -1.89. The molecule has 0 N–H and O–H groups in total. The summed E-state index contributed by atoms with van der Waals surface area (Å²) in [5.41, 5.74) is 0.438. The van der Waals surface area contributed by atoms with E-state index in [1.165, 1.54) is 6.39 Å². The lowest BCUT2D eigenvalue weighted by Crippen LogP contribution is -2.64. The van der Waals surface area contributed by atoms with Gasteiger partial charge in [0.25, 0.3) is 5.91 Å². The Labute approximate surface area is 128 Å². The van der Waals surface area contributed by atoms with Gasteiger partial charge in [-0.1, -0.05) is 0 Å². The van der Waals surface area contributed by atoms with Gasteiger partial charge >= 0.3 is 0 Å². The van der Waals surface area contributed by atoms with Gasteiger partial charge in [0, 0.05) is 45.7 Å². The predicted octanol–water partition coefficient (Wildman–Crippen LogP) is 0.150. The van der Waals surface area contributed by atoms with Crippen molar-refractivity contribution < 1.29 is 14.0 Å². The van der Waals surface area contributed by atoms with Gasteiger partial charge < -0.3 is 14.2 Å². The molecule has 7 heteroatoms. The van der Waals surface area contributed by atoms with Gasteiger partial charge in [-0.15, -0.1) is 0 Å². The second kappa shape index (κ2) is 5.08. The molecule has 0 unspecified atom stereocenters. The molecule has 118 valence electrons. The molecule has 1 saturated carbocycles. The third-order valence-corrected chi connectivity index (χ3v) is 4.91. The minimum absolute atomic E-state index is 0.101. The first-order chi connectivity index (χ1) is 10.6. The summed E-state index contributed by atoms with van der Waals surface area (Å²) in [5, 5.41) is 0. The van der Waals surface area contributed by atoms with Crippen LogP contribution in [0, 0.1) is 0 Å². The second-order valence-electron chi connectivity index (χ2n) is 6.40. The molecule has 2 aliphatic heterocycles. The van der Waals surface area contributed by atoms with Crippen LogP contribution < -0.4 is 0 Å². The number of carbonyl (C=O) groups is 2. The molecule has 4 rings (SSSR count). The zero-order valence-corrected chi connectivity index (χ0v) is 12.7. The van der Waals surface area contributed by atoms with Crippen LogP contribution in [-0.4, -0.2) is 77.3 Å². The SMILES string of the molecule is CN1CCN2CCN(C(=O)c3ncoc3C3CC3)C[C@@H]2C1=O. The van der Waals surface area contributed by atoms with E-state index in [0.29, 0.717) is 24.7 Å². The van der Waals surface area contributed by atoms with Crippen molar-refractivity contribution in [3.05, 3.63) is 17.8 Å². The Bertz CT molecular complexity index is 610. The highest BCUT2D eigenvalue weighted by Crippen LogP contribution is 2.41. The maximum absolute atomic E-state index is 12.7.